The molecule has 134 valence electrons. The maximum absolute atomic E-state index is 12.5. The van der Waals surface area contributed by atoms with Gasteiger partial charge < -0.3 is 20.1 Å². The average Bonchev–Trinajstić information content (AvgIpc) is 3.21. The van der Waals surface area contributed by atoms with Crippen molar-refractivity contribution in [3.63, 3.8) is 0 Å². The van der Waals surface area contributed by atoms with E-state index >= 15 is 0 Å². The Morgan fingerprint density at radius 2 is 2.00 bits per heavy atom. The Morgan fingerprint density at radius 1 is 1.24 bits per heavy atom. The minimum Gasteiger partial charge on any atom is -0.495 e. The fraction of sp³-hybridized carbons (Fsp3) is 0.500. The fourth-order valence-electron chi connectivity index (χ4n) is 3.62. The molecule has 0 radical (unpaired) electrons. The van der Waals surface area contributed by atoms with Crippen LogP contribution in [0.25, 0.3) is 0 Å². The van der Waals surface area contributed by atoms with Crippen molar-refractivity contribution in [2.45, 2.75) is 31.7 Å². The van der Waals surface area contributed by atoms with Crippen LogP contribution in [0.15, 0.2) is 24.3 Å². The zero-order chi connectivity index (χ0) is 18.0. The summed E-state index contributed by atoms with van der Waals surface area (Å²) in [5.74, 6) is -1.32. The molecule has 3 atom stereocenters. The lowest BCUT2D eigenvalue weighted by Crippen LogP contribution is -2.39. The van der Waals surface area contributed by atoms with Crippen LogP contribution in [0.4, 0.5) is 5.69 Å². The third-order valence-electron chi connectivity index (χ3n) is 5.00. The van der Waals surface area contributed by atoms with Crippen molar-refractivity contribution in [3.05, 3.63) is 24.3 Å². The summed E-state index contributed by atoms with van der Waals surface area (Å²) in [5.41, 5.74) is 0.664. The number of ether oxygens (including phenoxy) is 1. The topological polar surface area (TPSA) is 95.9 Å². The second-order valence-corrected chi connectivity index (χ2v) is 6.63. The van der Waals surface area contributed by atoms with Crippen molar-refractivity contribution in [1.29, 1.82) is 0 Å². The fourth-order valence-corrected chi connectivity index (χ4v) is 3.62. The molecule has 1 saturated heterocycles. The molecule has 2 aliphatic rings. The maximum atomic E-state index is 12.5. The lowest BCUT2D eigenvalue weighted by molar-refractivity contribution is -0.141. The summed E-state index contributed by atoms with van der Waals surface area (Å²) < 4.78 is 5.29. The first-order valence-electron chi connectivity index (χ1n) is 8.46. The van der Waals surface area contributed by atoms with E-state index in [2.05, 4.69) is 5.32 Å². The Balaban J connectivity index is 1.62. The van der Waals surface area contributed by atoms with Gasteiger partial charge in [-0.15, -0.1) is 0 Å². The first-order chi connectivity index (χ1) is 12.0. The summed E-state index contributed by atoms with van der Waals surface area (Å²) in [6.45, 7) is 0.306. The number of nitrogens with one attached hydrogen (secondary N) is 1. The number of carbonyl (C=O) groups is 3. The summed E-state index contributed by atoms with van der Waals surface area (Å²) >= 11 is 0. The smallest absolute Gasteiger partial charge is 0.306 e. The highest BCUT2D eigenvalue weighted by Gasteiger charge is 2.38. The van der Waals surface area contributed by atoms with E-state index in [4.69, 9.17) is 9.84 Å². The molecule has 0 bridgehead atoms. The molecule has 1 heterocycles. The van der Waals surface area contributed by atoms with E-state index in [1.165, 1.54) is 0 Å². The first kappa shape index (κ1) is 17.3. The zero-order valence-electron chi connectivity index (χ0n) is 14.1. The number of aliphatic carboxylic acids is 1. The van der Waals surface area contributed by atoms with Crippen molar-refractivity contribution in [2.75, 3.05) is 18.6 Å². The van der Waals surface area contributed by atoms with E-state index in [0.717, 1.165) is 0 Å². The molecule has 0 aromatic heterocycles. The molecule has 2 amide bonds. The number of hydrogen-bond acceptors (Lipinski definition) is 4. The minimum absolute atomic E-state index is 0.112. The quantitative estimate of drug-likeness (QED) is 0.840. The predicted octanol–water partition coefficient (Wildman–Crippen LogP) is 1.42. The molecule has 1 unspecified atom stereocenters. The van der Waals surface area contributed by atoms with Crippen LogP contribution in [0.3, 0.4) is 0 Å². The van der Waals surface area contributed by atoms with Gasteiger partial charge in [0.2, 0.25) is 11.8 Å². The lowest BCUT2D eigenvalue weighted by Gasteiger charge is -2.20. The van der Waals surface area contributed by atoms with Gasteiger partial charge in [0.25, 0.3) is 0 Å². The van der Waals surface area contributed by atoms with Gasteiger partial charge in [0.05, 0.1) is 24.6 Å². The summed E-state index contributed by atoms with van der Waals surface area (Å²) in [4.78, 5) is 37.4. The molecule has 1 aliphatic heterocycles. The van der Waals surface area contributed by atoms with E-state index in [0.29, 0.717) is 37.2 Å². The molecule has 3 rings (SSSR count). The van der Waals surface area contributed by atoms with Crippen LogP contribution in [0, 0.1) is 11.8 Å². The normalized spacial score (nSPS) is 25.9. The molecular formula is C18H22N2O5. The number of benzene rings is 1. The van der Waals surface area contributed by atoms with E-state index < -0.39 is 11.9 Å². The van der Waals surface area contributed by atoms with Crippen molar-refractivity contribution < 1.29 is 24.2 Å². The number of rotatable bonds is 5. The molecule has 1 saturated carbocycles. The maximum Gasteiger partial charge on any atom is 0.306 e. The number of amides is 2. The molecule has 1 aromatic rings. The van der Waals surface area contributed by atoms with E-state index in [1.807, 2.05) is 12.1 Å². The lowest BCUT2D eigenvalue weighted by atomic mass is 10.1. The number of carboxylic acid groups (broad SMARTS) is 1. The third-order valence-corrected chi connectivity index (χ3v) is 5.00. The predicted molar refractivity (Wildman–Crippen MR) is 90.4 cm³/mol. The highest BCUT2D eigenvalue weighted by atomic mass is 16.5. The first-order valence-corrected chi connectivity index (χ1v) is 8.46. The Bertz CT molecular complexity index is 690. The molecule has 2 fully saturated rings. The number of methoxy groups -OCH3 is 1. The molecular weight excluding hydrogens is 324 g/mol. The Labute approximate surface area is 146 Å². The van der Waals surface area contributed by atoms with Crippen LogP contribution in [-0.4, -0.2) is 42.6 Å². The summed E-state index contributed by atoms with van der Waals surface area (Å²) in [7, 11) is 1.54. The van der Waals surface area contributed by atoms with Gasteiger partial charge in [-0.1, -0.05) is 12.1 Å². The molecule has 1 aromatic carbocycles. The standard InChI is InChI=1S/C18H22N2O5/c1-25-15-5-3-2-4-14(15)20-10-12(9-16(20)21)17(22)19-13-7-6-11(8-13)18(23)24/h2-5,11-13H,6-10H2,1H3,(H,19,22)(H,23,24)/t11-,12?,13+/m1/s1. The average molecular weight is 346 g/mol. The van der Waals surface area contributed by atoms with Crippen molar-refractivity contribution in [2.24, 2.45) is 11.8 Å². The molecule has 1 aliphatic carbocycles. The summed E-state index contributed by atoms with van der Waals surface area (Å²) in [6.07, 6.45) is 1.85. The van der Waals surface area contributed by atoms with Crippen LogP contribution < -0.4 is 15.0 Å². The number of carboxylic acids is 1. The zero-order valence-corrected chi connectivity index (χ0v) is 14.1. The Hall–Kier alpha value is -2.57. The highest BCUT2D eigenvalue weighted by molar-refractivity contribution is 6.01. The van der Waals surface area contributed by atoms with E-state index in [-0.39, 0.29) is 30.2 Å². The molecule has 0 spiro atoms. The Morgan fingerprint density at radius 3 is 2.68 bits per heavy atom. The van der Waals surface area contributed by atoms with Gasteiger partial charge in [-0.3, -0.25) is 14.4 Å². The number of anilines is 1. The minimum atomic E-state index is -0.810. The molecule has 7 heteroatoms. The number of carbonyl (C=O) groups excluding carboxylic acids is 2. The van der Waals surface area contributed by atoms with Crippen LogP contribution in [-0.2, 0) is 14.4 Å². The molecule has 2 N–H and O–H groups in total. The van der Waals surface area contributed by atoms with Crippen molar-refractivity contribution in [1.82, 2.24) is 5.32 Å². The summed E-state index contributed by atoms with van der Waals surface area (Å²) in [6, 6.07) is 7.10. The SMILES string of the molecule is COc1ccccc1N1CC(C(=O)N[C@H]2CC[C@@H](C(=O)O)C2)CC1=O. The summed E-state index contributed by atoms with van der Waals surface area (Å²) in [5, 5.41) is 12.0. The van der Waals surface area contributed by atoms with Gasteiger partial charge in [-0.2, -0.15) is 0 Å². The van der Waals surface area contributed by atoms with Gasteiger partial charge in [0, 0.05) is 19.0 Å². The van der Waals surface area contributed by atoms with E-state index in [1.54, 1.807) is 24.1 Å². The van der Waals surface area contributed by atoms with Crippen LogP contribution in [0.2, 0.25) is 0 Å². The van der Waals surface area contributed by atoms with Crippen LogP contribution in [0.5, 0.6) is 5.75 Å². The number of hydrogen-bond donors (Lipinski definition) is 2. The van der Waals surface area contributed by atoms with Crippen LogP contribution in [0.1, 0.15) is 25.7 Å². The van der Waals surface area contributed by atoms with Crippen molar-refractivity contribution >= 4 is 23.5 Å². The highest BCUT2D eigenvalue weighted by Crippen LogP contribution is 2.33. The van der Waals surface area contributed by atoms with Gasteiger partial charge in [0.15, 0.2) is 0 Å². The van der Waals surface area contributed by atoms with Crippen LogP contribution >= 0.6 is 0 Å². The number of nitrogens with zero attached hydrogens (tertiary/aromatic N) is 1. The number of para-hydroxylation sites is 2. The van der Waals surface area contributed by atoms with E-state index in [9.17, 15) is 14.4 Å². The van der Waals surface area contributed by atoms with Gasteiger partial charge in [-0.05, 0) is 31.4 Å². The Kier molecular flexibility index (Phi) is 4.92. The van der Waals surface area contributed by atoms with Gasteiger partial charge >= 0.3 is 5.97 Å². The molecule has 25 heavy (non-hydrogen) atoms. The molecule has 7 nitrogen and oxygen atoms in total. The second-order valence-electron chi connectivity index (χ2n) is 6.63. The van der Waals surface area contributed by atoms with Gasteiger partial charge in [0.1, 0.15) is 5.75 Å². The third kappa shape index (κ3) is 3.60. The van der Waals surface area contributed by atoms with Gasteiger partial charge in [-0.25, -0.2) is 0 Å². The second kappa shape index (κ2) is 7.13. The monoisotopic (exact) mass is 346 g/mol. The van der Waals surface area contributed by atoms with Crippen molar-refractivity contribution in [3.8, 4) is 5.75 Å². The largest absolute Gasteiger partial charge is 0.495 e.